The normalized spacial score (nSPS) is 18.8. The molecule has 4 nitrogen and oxygen atoms in total. The Labute approximate surface area is 119 Å². The number of hydrogen-bond donors (Lipinski definition) is 2. The fourth-order valence-electron chi connectivity index (χ4n) is 2.66. The van der Waals surface area contributed by atoms with Crippen molar-refractivity contribution in [3.8, 4) is 0 Å². The summed E-state index contributed by atoms with van der Waals surface area (Å²) >= 11 is 0. The quantitative estimate of drug-likeness (QED) is 0.898. The minimum atomic E-state index is 0.521. The lowest BCUT2D eigenvalue weighted by atomic mass is 9.95. The van der Waals surface area contributed by atoms with Crippen LogP contribution in [0.3, 0.4) is 0 Å². The summed E-state index contributed by atoms with van der Waals surface area (Å²) in [6.07, 6.45) is 4.23. The number of anilines is 2. The third-order valence-electron chi connectivity index (χ3n) is 3.63. The van der Waals surface area contributed by atoms with Gasteiger partial charge in [0.05, 0.1) is 0 Å². The molecule has 3 heterocycles. The maximum Gasteiger partial charge on any atom is 0.130 e. The smallest absolute Gasteiger partial charge is 0.130 e. The predicted molar refractivity (Wildman–Crippen MR) is 81.3 cm³/mol. The van der Waals surface area contributed by atoms with Crippen molar-refractivity contribution in [1.29, 1.82) is 0 Å². The molecule has 1 fully saturated rings. The first-order chi connectivity index (χ1) is 9.81. The monoisotopic (exact) mass is 268 g/mol. The van der Waals surface area contributed by atoms with Gasteiger partial charge in [0.1, 0.15) is 5.82 Å². The van der Waals surface area contributed by atoms with Gasteiger partial charge in [-0.25, -0.2) is 4.98 Å². The van der Waals surface area contributed by atoms with Crippen LogP contribution in [0.4, 0.5) is 11.5 Å². The zero-order valence-electron chi connectivity index (χ0n) is 11.8. The molecule has 104 valence electrons. The van der Waals surface area contributed by atoms with Crippen molar-refractivity contribution < 1.29 is 0 Å². The Morgan fingerprint density at radius 1 is 1.30 bits per heavy atom. The third kappa shape index (κ3) is 3.14. The summed E-state index contributed by atoms with van der Waals surface area (Å²) in [5, 5.41) is 6.80. The largest absolute Gasteiger partial charge is 0.340 e. The summed E-state index contributed by atoms with van der Waals surface area (Å²) in [5.74, 6) is 1.39. The lowest BCUT2D eigenvalue weighted by Crippen LogP contribution is -2.28. The average Bonchev–Trinajstić information content (AvgIpc) is 2.49. The van der Waals surface area contributed by atoms with Gasteiger partial charge in [-0.2, -0.15) is 0 Å². The molecule has 1 aliphatic rings. The summed E-state index contributed by atoms with van der Waals surface area (Å²) in [7, 11) is 0. The minimum Gasteiger partial charge on any atom is -0.340 e. The molecule has 0 aromatic carbocycles. The van der Waals surface area contributed by atoms with Crippen molar-refractivity contribution in [2.75, 3.05) is 18.4 Å². The van der Waals surface area contributed by atoms with Gasteiger partial charge in [-0.3, -0.25) is 4.98 Å². The molecule has 1 atom stereocenters. The molecule has 2 aromatic heterocycles. The Kier molecular flexibility index (Phi) is 3.92. The molecule has 0 bridgehead atoms. The van der Waals surface area contributed by atoms with Gasteiger partial charge >= 0.3 is 0 Å². The van der Waals surface area contributed by atoms with E-state index >= 15 is 0 Å². The van der Waals surface area contributed by atoms with Gasteiger partial charge in [0.15, 0.2) is 0 Å². The molecule has 2 N–H and O–H groups in total. The number of nitrogens with one attached hydrogen (secondary N) is 2. The van der Waals surface area contributed by atoms with Crippen molar-refractivity contribution in [2.45, 2.75) is 25.7 Å². The van der Waals surface area contributed by atoms with Crippen molar-refractivity contribution in [2.24, 2.45) is 0 Å². The van der Waals surface area contributed by atoms with E-state index in [0.717, 1.165) is 30.3 Å². The van der Waals surface area contributed by atoms with E-state index in [1.165, 1.54) is 18.5 Å². The molecule has 0 saturated carbocycles. The van der Waals surface area contributed by atoms with Crippen LogP contribution in [0.15, 0.2) is 36.5 Å². The number of hydrogen-bond acceptors (Lipinski definition) is 4. The third-order valence-corrected chi connectivity index (χ3v) is 3.63. The maximum absolute atomic E-state index is 4.70. The Bertz CT molecular complexity index is 562. The highest BCUT2D eigenvalue weighted by molar-refractivity contribution is 5.56. The first-order valence-corrected chi connectivity index (χ1v) is 7.18. The van der Waals surface area contributed by atoms with Crippen LogP contribution in [-0.4, -0.2) is 23.1 Å². The van der Waals surface area contributed by atoms with E-state index in [1.807, 2.05) is 25.1 Å². The highest BCUT2D eigenvalue weighted by atomic mass is 15.0. The summed E-state index contributed by atoms with van der Waals surface area (Å²) in [4.78, 5) is 9.00. The van der Waals surface area contributed by atoms with Crippen molar-refractivity contribution >= 4 is 11.5 Å². The maximum atomic E-state index is 4.70. The fraction of sp³-hybridized carbons (Fsp3) is 0.375. The van der Waals surface area contributed by atoms with Crippen LogP contribution >= 0.6 is 0 Å². The van der Waals surface area contributed by atoms with E-state index < -0.39 is 0 Å². The van der Waals surface area contributed by atoms with Crippen molar-refractivity contribution in [3.63, 3.8) is 0 Å². The molecule has 0 unspecified atom stereocenters. The van der Waals surface area contributed by atoms with E-state index in [-0.39, 0.29) is 0 Å². The molecule has 0 aliphatic carbocycles. The Balaban J connectivity index is 1.82. The van der Waals surface area contributed by atoms with Crippen molar-refractivity contribution in [3.05, 3.63) is 47.9 Å². The number of pyridine rings is 2. The Morgan fingerprint density at radius 3 is 3.00 bits per heavy atom. The van der Waals surface area contributed by atoms with Gasteiger partial charge in [-0.05, 0) is 50.6 Å². The molecule has 0 radical (unpaired) electrons. The van der Waals surface area contributed by atoms with Gasteiger partial charge in [-0.15, -0.1) is 0 Å². The Morgan fingerprint density at radius 2 is 2.25 bits per heavy atom. The molecule has 2 aromatic rings. The number of rotatable bonds is 3. The predicted octanol–water partition coefficient (Wildman–Crippen LogP) is 3.00. The SMILES string of the molecule is Cc1cc(Nc2ccccn2)cc([C@H]2CCCNC2)n1. The lowest BCUT2D eigenvalue weighted by Gasteiger charge is -2.23. The molecule has 0 amide bonds. The molecule has 1 saturated heterocycles. The van der Waals surface area contributed by atoms with Crippen LogP contribution in [0.25, 0.3) is 0 Å². The Hall–Kier alpha value is -1.94. The molecule has 20 heavy (non-hydrogen) atoms. The molecule has 3 rings (SSSR count). The van der Waals surface area contributed by atoms with Crippen LogP contribution in [0.2, 0.25) is 0 Å². The molecule has 4 heteroatoms. The first kappa shape index (κ1) is 13.1. The summed E-state index contributed by atoms with van der Waals surface area (Å²) in [5.41, 5.74) is 3.29. The minimum absolute atomic E-state index is 0.521. The van der Waals surface area contributed by atoms with Crippen molar-refractivity contribution in [1.82, 2.24) is 15.3 Å². The summed E-state index contributed by atoms with van der Waals surface area (Å²) in [6, 6.07) is 10.1. The highest BCUT2D eigenvalue weighted by Gasteiger charge is 2.17. The number of nitrogens with zero attached hydrogens (tertiary/aromatic N) is 2. The number of aryl methyl sites for hydroxylation is 1. The molecular weight excluding hydrogens is 248 g/mol. The second-order valence-electron chi connectivity index (χ2n) is 5.31. The topological polar surface area (TPSA) is 49.8 Å². The number of piperidine rings is 1. The van der Waals surface area contributed by atoms with Gasteiger partial charge in [0, 0.05) is 35.7 Å². The van der Waals surface area contributed by atoms with E-state index in [4.69, 9.17) is 4.98 Å². The van der Waals surface area contributed by atoms with E-state index in [0.29, 0.717) is 5.92 Å². The summed E-state index contributed by atoms with van der Waals surface area (Å²) < 4.78 is 0. The van der Waals surface area contributed by atoms with Crippen LogP contribution in [-0.2, 0) is 0 Å². The van der Waals surface area contributed by atoms with E-state index in [2.05, 4.69) is 27.8 Å². The summed E-state index contributed by atoms with van der Waals surface area (Å²) in [6.45, 7) is 4.20. The van der Waals surface area contributed by atoms with Crippen LogP contribution in [0.5, 0.6) is 0 Å². The van der Waals surface area contributed by atoms with Gasteiger partial charge in [0.2, 0.25) is 0 Å². The second kappa shape index (κ2) is 6.01. The zero-order valence-corrected chi connectivity index (χ0v) is 11.8. The second-order valence-corrected chi connectivity index (χ2v) is 5.31. The lowest BCUT2D eigenvalue weighted by molar-refractivity contribution is 0.454. The van der Waals surface area contributed by atoms with Crippen LogP contribution in [0, 0.1) is 6.92 Å². The standard InChI is InChI=1S/C16H20N4/c1-12-9-14(20-16-6-2-3-8-18-16)10-15(19-12)13-5-4-7-17-11-13/h2-3,6,8-10,13,17H,4-5,7,11H2,1H3,(H,18,19,20)/t13-/m0/s1. The highest BCUT2D eigenvalue weighted by Crippen LogP contribution is 2.25. The molecule has 1 aliphatic heterocycles. The zero-order chi connectivity index (χ0) is 13.8. The van der Waals surface area contributed by atoms with Gasteiger partial charge < -0.3 is 10.6 Å². The number of aromatic nitrogens is 2. The van der Waals surface area contributed by atoms with Crippen LogP contribution in [0.1, 0.15) is 30.1 Å². The molecular formula is C16H20N4. The molecule has 0 spiro atoms. The average molecular weight is 268 g/mol. The van der Waals surface area contributed by atoms with Gasteiger partial charge in [0.25, 0.3) is 0 Å². The van der Waals surface area contributed by atoms with Gasteiger partial charge in [-0.1, -0.05) is 6.07 Å². The fourth-order valence-corrected chi connectivity index (χ4v) is 2.66. The van der Waals surface area contributed by atoms with E-state index in [9.17, 15) is 0 Å². The first-order valence-electron chi connectivity index (χ1n) is 7.18. The van der Waals surface area contributed by atoms with Crippen LogP contribution < -0.4 is 10.6 Å². The van der Waals surface area contributed by atoms with E-state index in [1.54, 1.807) is 6.20 Å².